The summed E-state index contributed by atoms with van der Waals surface area (Å²) in [5.41, 5.74) is 5.62. The number of ether oxygens (including phenoxy) is 1. The van der Waals surface area contributed by atoms with Gasteiger partial charge in [-0.05, 0) is 67.6 Å². The van der Waals surface area contributed by atoms with Crippen LogP contribution in [-0.4, -0.2) is 36.6 Å². The minimum Gasteiger partial charge on any atom is -0.462 e. The average molecular weight is 422 g/mol. The lowest BCUT2D eigenvalue weighted by atomic mass is 10.0. The van der Waals surface area contributed by atoms with Crippen molar-refractivity contribution in [3.8, 4) is 23.1 Å². The lowest BCUT2D eigenvalue weighted by molar-refractivity contribution is 0.0528. The zero-order chi connectivity index (χ0) is 22.5. The van der Waals surface area contributed by atoms with Gasteiger partial charge in [0.1, 0.15) is 0 Å². The van der Waals surface area contributed by atoms with E-state index < -0.39 is 0 Å². The lowest BCUT2D eigenvalue weighted by Gasteiger charge is -2.11. The van der Waals surface area contributed by atoms with E-state index in [1.165, 1.54) is 0 Å². The van der Waals surface area contributed by atoms with Crippen molar-refractivity contribution in [1.82, 2.24) is 9.97 Å². The van der Waals surface area contributed by atoms with Gasteiger partial charge in [-0.3, -0.25) is 4.98 Å². The first kappa shape index (κ1) is 21.1. The lowest BCUT2D eigenvalue weighted by Crippen LogP contribution is -2.07. The van der Waals surface area contributed by atoms with Crippen LogP contribution in [0.1, 0.15) is 28.4 Å². The molecule has 0 aliphatic heterocycles. The van der Waals surface area contributed by atoms with E-state index in [1.807, 2.05) is 73.6 Å². The number of nitrogens with zero attached hydrogens (tertiary/aromatic N) is 3. The van der Waals surface area contributed by atoms with E-state index in [2.05, 4.69) is 16.8 Å². The molecule has 0 saturated heterocycles. The monoisotopic (exact) mass is 421 g/mol. The average Bonchev–Trinajstić information content (AvgIpc) is 2.83. The van der Waals surface area contributed by atoms with E-state index in [4.69, 9.17) is 9.72 Å². The highest BCUT2D eigenvalue weighted by Crippen LogP contribution is 2.26. The molecule has 0 N–H and O–H groups in total. The molecule has 158 valence electrons. The van der Waals surface area contributed by atoms with Crippen molar-refractivity contribution in [3.05, 3.63) is 89.7 Å². The van der Waals surface area contributed by atoms with Gasteiger partial charge < -0.3 is 9.64 Å². The Morgan fingerprint density at radius 1 is 0.938 bits per heavy atom. The zero-order valence-corrected chi connectivity index (χ0v) is 18.3. The Morgan fingerprint density at radius 3 is 2.31 bits per heavy atom. The highest BCUT2D eigenvalue weighted by atomic mass is 16.5. The smallest absolute Gasteiger partial charge is 0.338 e. The number of pyridine rings is 2. The van der Waals surface area contributed by atoms with Crippen molar-refractivity contribution in [3.63, 3.8) is 0 Å². The molecular weight excluding hydrogens is 398 g/mol. The van der Waals surface area contributed by atoms with Gasteiger partial charge in [0, 0.05) is 54.3 Å². The van der Waals surface area contributed by atoms with Gasteiger partial charge in [-0.1, -0.05) is 11.8 Å². The van der Waals surface area contributed by atoms with Gasteiger partial charge in [-0.15, -0.1) is 0 Å². The first-order valence-electron chi connectivity index (χ1n) is 10.4. The predicted molar refractivity (Wildman–Crippen MR) is 128 cm³/mol. The summed E-state index contributed by atoms with van der Waals surface area (Å²) in [5.74, 6) is 6.01. The van der Waals surface area contributed by atoms with Crippen LogP contribution in [0.15, 0.2) is 73.1 Å². The number of hydrogen-bond acceptors (Lipinski definition) is 5. The number of esters is 1. The number of benzene rings is 2. The first-order chi connectivity index (χ1) is 15.5. The van der Waals surface area contributed by atoms with Gasteiger partial charge in [0.05, 0.1) is 23.4 Å². The summed E-state index contributed by atoms with van der Waals surface area (Å²) in [7, 11) is 4.01. The second-order valence-electron chi connectivity index (χ2n) is 7.43. The fraction of sp³-hybridized carbons (Fsp3) is 0.148. The number of carbonyl (C=O) groups is 1. The standard InChI is InChI=1S/C27H23N3O2/c1-4-32-27(31)24-18-26(21-13-15-28-16-14-21)29-25-12-9-20(17-23(24)25)6-5-19-7-10-22(11-8-19)30(2)3/h7-18H,4H2,1-3H3. The summed E-state index contributed by atoms with van der Waals surface area (Å²) in [4.78, 5) is 23.6. The van der Waals surface area contributed by atoms with Crippen LogP contribution in [0, 0.1) is 11.8 Å². The van der Waals surface area contributed by atoms with Gasteiger partial charge in [-0.25, -0.2) is 9.78 Å². The van der Waals surface area contributed by atoms with Gasteiger partial charge in [0.25, 0.3) is 0 Å². The molecule has 0 unspecified atom stereocenters. The number of fused-ring (bicyclic) bond motifs is 1. The predicted octanol–water partition coefficient (Wildman–Crippen LogP) is 4.94. The quantitative estimate of drug-likeness (QED) is 0.345. The van der Waals surface area contributed by atoms with Gasteiger partial charge >= 0.3 is 5.97 Å². The molecule has 2 aromatic carbocycles. The minimum atomic E-state index is -0.375. The van der Waals surface area contributed by atoms with Gasteiger partial charge in [0.2, 0.25) is 0 Å². The third-order valence-corrected chi connectivity index (χ3v) is 5.01. The summed E-state index contributed by atoms with van der Waals surface area (Å²) in [6, 6.07) is 19.3. The van der Waals surface area contributed by atoms with Crippen LogP contribution < -0.4 is 4.90 Å². The molecule has 0 atom stereocenters. The Morgan fingerprint density at radius 2 is 1.62 bits per heavy atom. The van der Waals surface area contributed by atoms with Gasteiger partial charge in [0.15, 0.2) is 0 Å². The topological polar surface area (TPSA) is 55.3 Å². The maximum atomic E-state index is 12.7. The molecule has 0 bridgehead atoms. The van der Waals surface area contributed by atoms with E-state index in [0.717, 1.165) is 27.8 Å². The maximum Gasteiger partial charge on any atom is 0.338 e. The second-order valence-corrected chi connectivity index (χ2v) is 7.43. The van der Waals surface area contributed by atoms with Crippen LogP contribution >= 0.6 is 0 Å². The number of hydrogen-bond donors (Lipinski definition) is 0. The van der Waals surface area contributed by atoms with E-state index in [0.29, 0.717) is 23.4 Å². The molecule has 0 saturated carbocycles. The van der Waals surface area contributed by atoms with E-state index in [1.54, 1.807) is 25.4 Å². The number of anilines is 1. The van der Waals surface area contributed by atoms with Crippen molar-refractivity contribution >= 4 is 22.6 Å². The molecule has 0 fully saturated rings. The van der Waals surface area contributed by atoms with Crippen LogP contribution in [0.3, 0.4) is 0 Å². The summed E-state index contributed by atoms with van der Waals surface area (Å²) >= 11 is 0. The zero-order valence-electron chi connectivity index (χ0n) is 18.3. The molecule has 5 nitrogen and oxygen atoms in total. The van der Waals surface area contributed by atoms with Crippen LogP contribution in [0.5, 0.6) is 0 Å². The molecule has 2 heterocycles. The fourth-order valence-corrected chi connectivity index (χ4v) is 3.34. The molecule has 0 spiro atoms. The number of carbonyl (C=O) groups excluding carboxylic acids is 1. The van der Waals surface area contributed by atoms with Crippen LogP contribution in [0.4, 0.5) is 5.69 Å². The SMILES string of the molecule is CCOC(=O)c1cc(-c2ccncc2)nc2ccc(C#Cc3ccc(N(C)C)cc3)cc12. The molecule has 0 radical (unpaired) electrons. The summed E-state index contributed by atoms with van der Waals surface area (Å²) in [6.45, 7) is 2.10. The third kappa shape index (κ3) is 4.60. The first-order valence-corrected chi connectivity index (χ1v) is 10.4. The Bertz CT molecular complexity index is 1320. The molecule has 4 aromatic rings. The third-order valence-electron chi connectivity index (χ3n) is 5.01. The normalized spacial score (nSPS) is 10.3. The summed E-state index contributed by atoms with van der Waals surface area (Å²) in [6.07, 6.45) is 3.41. The second kappa shape index (κ2) is 9.32. The molecule has 5 heteroatoms. The number of rotatable bonds is 4. The van der Waals surface area contributed by atoms with Crippen molar-refractivity contribution in [2.45, 2.75) is 6.92 Å². The maximum absolute atomic E-state index is 12.7. The van der Waals surface area contributed by atoms with Crippen molar-refractivity contribution in [2.75, 3.05) is 25.6 Å². The Labute approximate surface area is 187 Å². The van der Waals surface area contributed by atoms with E-state index in [-0.39, 0.29) is 5.97 Å². The minimum absolute atomic E-state index is 0.301. The summed E-state index contributed by atoms with van der Waals surface area (Å²) < 4.78 is 5.31. The van der Waals surface area contributed by atoms with Crippen LogP contribution in [-0.2, 0) is 4.74 Å². The molecular formula is C27H23N3O2. The molecule has 0 aliphatic carbocycles. The highest BCUT2D eigenvalue weighted by molar-refractivity contribution is 6.05. The van der Waals surface area contributed by atoms with Gasteiger partial charge in [-0.2, -0.15) is 0 Å². The van der Waals surface area contributed by atoms with Crippen molar-refractivity contribution in [2.24, 2.45) is 0 Å². The molecule has 0 amide bonds. The van der Waals surface area contributed by atoms with E-state index in [9.17, 15) is 4.79 Å². The Kier molecular flexibility index (Phi) is 6.14. The molecule has 0 aliphatic rings. The van der Waals surface area contributed by atoms with Crippen molar-refractivity contribution < 1.29 is 9.53 Å². The Balaban J connectivity index is 1.76. The Hall–Kier alpha value is -4.17. The van der Waals surface area contributed by atoms with E-state index >= 15 is 0 Å². The van der Waals surface area contributed by atoms with Crippen LogP contribution in [0.25, 0.3) is 22.2 Å². The fourth-order valence-electron chi connectivity index (χ4n) is 3.34. The number of aromatic nitrogens is 2. The largest absolute Gasteiger partial charge is 0.462 e. The highest BCUT2D eigenvalue weighted by Gasteiger charge is 2.15. The molecule has 2 aromatic heterocycles. The van der Waals surface area contributed by atoms with Crippen molar-refractivity contribution in [1.29, 1.82) is 0 Å². The summed E-state index contributed by atoms with van der Waals surface area (Å²) in [5, 5.41) is 0.719. The van der Waals surface area contributed by atoms with Crippen LogP contribution in [0.2, 0.25) is 0 Å². The molecule has 4 rings (SSSR count). The molecule has 32 heavy (non-hydrogen) atoms.